The summed E-state index contributed by atoms with van der Waals surface area (Å²) in [5, 5.41) is 0.185. The number of furan rings is 1. The van der Waals surface area contributed by atoms with E-state index in [1.807, 2.05) is 0 Å². The molecule has 2 aromatic rings. The Balaban J connectivity index is 2.03. The van der Waals surface area contributed by atoms with Crippen molar-refractivity contribution in [2.45, 2.75) is 12.8 Å². The van der Waals surface area contributed by atoms with Crippen molar-refractivity contribution in [2.24, 2.45) is 0 Å². The topological polar surface area (TPSA) is 55.1 Å². The highest BCUT2D eigenvalue weighted by atomic mass is 79.9. The molecule has 0 radical (unpaired) electrons. The fourth-order valence-corrected chi connectivity index (χ4v) is 2.49. The second-order valence-corrected chi connectivity index (χ2v) is 5.21. The van der Waals surface area contributed by atoms with Gasteiger partial charge < -0.3 is 9.32 Å². The van der Waals surface area contributed by atoms with Crippen LogP contribution in [0.5, 0.6) is 0 Å². The van der Waals surface area contributed by atoms with Gasteiger partial charge in [-0.15, -0.1) is 0 Å². The maximum atomic E-state index is 5.95. The van der Waals surface area contributed by atoms with Gasteiger partial charge in [0.15, 0.2) is 5.76 Å². The van der Waals surface area contributed by atoms with Gasteiger partial charge in [0.2, 0.25) is 17.1 Å². The molecule has 1 aliphatic heterocycles. The SMILES string of the molecule is Clc1nc(-c2occc2Br)nc(N2CCCC2)n1. The third kappa shape index (κ3) is 2.22. The molecule has 0 saturated carbocycles. The van der Waals surface area contributed by atoms with E-state index in [0.29, 0.717) is 17.5 Å². The summed E-state index contributed by atoms with van der Waals surface area (Å²) in [5.74, 6) is 1.64. The maximum absolute atomic E-state index is 5.95. The molecule has 0 amide bonds. The van der Waals surface area contributed by atoms with E-state index in [4.69, 9.17) is 16.0 Å². The van der Waals surface area contributed by atoms with E-state index in [2.05, 4.69) is 35.8 Å². The van der Waals surface area contributed by atoms with Crippen LogP contribution in [-0.4, -0.2) is 28.0 Å². The minimum atomic E-state index is 0.185. The molecule has 2 aromatic heterocycles. The molecular weight excluding hydrogens is 320 g/mol. The Morgan fingerprint density at radius 1 is 1.22 bits per heavy atom. The molecule has 5 nitrogen and oxygen atoms in total. The molecule has 3 heterocycles. The average molecular weight is 330 g/mol. The van der Waals surface area contributed by atoms with Crippen molar-refractivity contribution >= 4 is 33.5 Å². The highest BCUT2D eigenvalue weighted by Gasteiger charge is 2.19. The second-order valence-electron chi connectivity index (χ2n) is 4.02. The van der Waals surface area contributed by atoms with Crippen LogP contribution < -0.4 is 4.90 Å². The fourth-order valence-electron chi connectivity index (χ4n) is 1.95. The maximum Gasteiger partial charge on any atom is 0.230 e. The number of hydrogen-bond acceptors (Lipinski definition) is 5. The zero-order valence-electron chi connectivity index (χ0n) is 9.44. The van der Waals surface area contributed by atoms with Gasteiger partial charge in [0, 0.05) is 13.1 Å². The van der Waals surface area contributed by atoms with E-state index in [1.54, 1.807) is 12.3 Å². The molecule has 0 aromatic carbocycles. The third-order valence-corrected chi connectivity index (χ3v) is 3.60. The van der Waals surface area contributed by atoms with Gasteiger partial charge in [-0.1, -0.05) is 0 Å². The molecule has 0 N–H and O–H groups in total. The molecule has 0 bridgehead atoms. The van der Waals surface area contributed by atoms with Crippen molar-refractivity contribution in [3.05, 3.63) is 22.1 Å². The lowest BCUT2D eigenvalue weighted by Crippen LogP contribution is -2.21. The Morgan fingerprint density at radius 3 is 2.67 bits per heavy atom. The third-order valence-electron chi connectivity index (χ3n) is 2.81. The van der Waals surface area contributed by atoms with Crippen molar-refractivity contribution in [2.75, 3.05) is 18.0 Å². The molecular formula is C11H10BrClN4O. The zero-order chi connectivity index (χ0) is 12.5. The summed E-state index contributed by atoms with van der Waals surface area (Å²) in [7, 11) is 0. The van der Waals surface area contributed by atoms with Crippen LogP contribution in [0.3, 0.4) is 0 Å². The van der Waals surface area contributed by atoms with E-state index in [0.717, 1.165) is 30.4 Å². The van der Waals surface area contributed by atoms with Gasteiger partial charge in [-0.2, -0.15) is 15.0 Å². The largest absolute Gasteiger partial charge is 0.460 e. The molecule has 0 unspecified atom stereocenters. The van der Waals surface area contributed by atoms with Crippen LogP contribution in [0.25, 0.3) is 11.6 Å². The Kier molecular flexibility index (Phi) is 3.22. The lowest BCUT2D eigenvalue weighted by molar-refractivity contribution is 0.575. The van der Waals surface area contributed by atoms with Gasteiger partial charge in [-0.3, -0.25) is 0 Å². The lowest BCUT2D eigenvalue weighted by Gasteiger charge is -2.15. The van der Waals surface area contributed by atoms with Crippen LogP contribution in [0.15, 0.2) is 21.2 Å². The Hall–Kier alpha value is -1.14. The van der Waals surface area contributed by atoms with E-state index < -0.39 is 0 Å². The minimum absolute atomic E-state index is 0.185. The molecule has 94 valence electrons. The molecule has 18 heavy (non-hydrogen) atoms. The first-order valence-electron chi connectivity index (χ1n) is 5.64. The molecule has 7 heteroatoms. The molecule has 0 aliphatic carbocycles. The number of nitrogens with zero attached hydrogens (tertiary/aromatic N) is 4. The van der Waals surface area contributed by atoms with E-state index in [9.17, 15) is 0 Å². The molecule has 3 rings (SSSR count). The predicted octanol–water partition coefficient (Wildman–Crippen LogP) is 3.15. The number of hydrogen-bond donors (Lipinski definition) is 0. The van der Waals surface area contributed by atoms with Crippen LogP contribution in [0.1, 0.15) is 12.8 Å². The smallest absolute Gasteiger partial charge is 0.230 e. The molecule has 0 atom stereocenters. The normalized spacial score (nSPS) is 15.3. The van der Waals surface area contributed by atoms with Crippen LogP contribution in [-0.2, 0) is 0 Å². The monoisotopic (exact) mass is 328 g/mol. The molecule has 1 aliphatic rings. The number of rotatable bonds is 2. The molecule has 1 saturated heterocycles. The lowest BCUT2D eigenvalue weighted by atomic mass is 10.4. The minimum Gasteiger partial charge on any atom is -0.460 e. The van der Waals surface area contributed by atoms with Gasteiger partial charge in [0.05, 0.1) is 10.7 Å². The Labute approximate surface area is 117 Å². The second kappa shape index (κ2) is 4.85. The average Bonchev–Trinajstić information content (AvgIpc) is 2.98. The van der Waals surface area contributed by atoms with Gasteiger partial charge in [-0.25, -0.2) is 0 Å². The van der Waals surface area contributed by atoms with Crippen molar-refractivity contribution in [3.63, 3.8) is 0 Å². The quantitative estimate of drug-likeness (QED) is 0.847. The van der Waals surface area contributed by atoms with Crippen LogP contribution in [0, 0.1) is 0 Å². The first-order valence-corrected chi connectivity index (χ1v) is 6.81. The van der Waals surface area contributed by atoms with Crippen molar-refractivity contribution in [1.82, 2.24) is 15.0 Å². The molecule has 1 fully saturated rings. The van der Waals surface area contributed by atoms with Gasteiger partial charge in [-0.05, 0) is 46.4 Å². The van der Waals surface area contributed by atoms with Gasteiger partial charge in [0.1, 0.15) is 0 Å². The van der Waals surface area contributed by atoms with Crippen molar-refractivity contribution < 1.29 is 4.42 Å². The summed E-state index contributed by atoms with van der Waals surface area (Å²) < 4.78 is 6.15. The standard InChI is InChI=1S/C11H10BrClN4O/c12-7-3-6-18-8(7)9-14-10(13)16-11(15-9)17-4-1-2-5-17/h3,6H,1-2,4-5H2. The van der Waals surface area contributed by atoms with Crippen molar-refractivity contribution in [1.29, 1.82) is 0 Å². The number of anilines is 1. The summed E-state index contributed by atoms with van der Waals surface area (Å²) in [6.45, 7) is 1.91. The van der Waals surface area contributed by atoms with Crippen LogP contribution in [0.2, 0.25) is 5.28 Å². The molecule has 0 spiro atoms. The van der Waals surface area contributed by atoms with Gasteiger partial charge in [0.25, 0.3) is 0 Å². The zero-order valence-corrected chi connectivity index (χ0v) is 11.8. The van der Waals surface area contributed by atoms with Crippen LogP contribution in [0.4, 0.5) is 5.95 Å². The first kappa shape index (κ1) is 11.9. The summed E-state index contributed by atoms with van der Waals surface area (Å²) in [4.78, 5) is 14.8. The van der Waals surface area contributed by atoms with Crippen molar-refractivity contribution in [3.8, 4) is 11.6 Å². The summed E-state index contributed by atoms with van der Waals surface area (Å²) >= 11 is 9.34. The van der Waals surface area contributed by atoms with E-state index in [-0.39, 0.29) is 5.28 Å². The predicted molar refractivity (Wildman–Crippen MR) is 71.7 cm³/mol. The van der Waals surface area contributed by atoms with Gasteiger partial charge >= 0.3 is 0 Å². The summed E-state index contributed by atoms with van der Waals surface area (Å²) in [6, 6.07) is 1.79. The number of halogens is 2. The number of aromatic nitrogens is 3. The summed E-state index contributed by atoms with van der Waals surface area (Å²) in [6.07, 6.45) is 3.89. The van der Waals surface area contributed by atoms with Crippen LogP contribution >= 0.6 is 27.5 Å². The van der Waals surface area contributed by atoms with E-state index >= 15 is 0 Å². The Morgan fingerprint density at radius 2 is 2.00 bits per heavy atom. The highest BCUT2D eigenvalue weighted by molar-refractivity contribution is 9.10. The fraction of sp³-hybridized carbons (Fsp3) is 0.364. The van der Waals surface area contributed by atoms with E-state index in [1.165, 1.54) is 0 Å². The summed E-state index contributed by atoms with van der Waals surface area (Å²) in [5.41, 5.74) is 0. The highest BCUT2D eigenvalue weighted by Crippen LogP contribution is 2.28. The Bertz CT molecular complexity index is 568. The first-order chi connectivity index (χ1) is 8.74.